The Hall–Kier alpha value is -1.05. The summed E-state index contributed by atoms with van der Waals surface area (Å²) in [7, 11) is 0. The summed E-state index contributed by atoms with van der Waals surface area (Å²) < 4.78 is 0. The van der Waals surface area contributed by atoms with E-state index < -0.39 is 0 Å². The summed E-state index contributed by atoms with van der Waals surface area (Å²) in [4.78, 5) is 4.26. The normalized spacial score (nSPS) is 11.4. The largest absolute Gasteiger partial charge is 0.370 e. The van der Waals surface area contributed by atoms with Crippen molar-refractivity contribution in [3.05, 3.63) is 24.4 Å². The highest BCUT2D eigenvalue weighted by Gasteiger charge is 2.16. The number of nitrogens with one attached hydrogen (secondary N) is 1. The Kier molecular flexibility index (Phi) is 4.60. The van der Waals surface area contributed by atoms with E-state index in [0.29, 0.717) is 17.8 Å². The number of hydrogen-bond acceptors (Lipinski definition) is 2. The number of hydrogen-bond donors (Lipinski definition) is 1. The number of pyridine rings is 1. The van der Waals surface area contributed by atoms with Crippen molar-refractivity contribution in [2.75, 3.05) is 11.9 Å². The summed E-state index contributed by atoms with van der Waals surface area (Å²) >= 11 is 0. The van der Waals surface area contributed by atoms with E-state index >= 15 is 0 Å². The van der Waals surface area contributed by atoms with Gasteiger partial charge in [0.25, 0.3) is 0 Å². The van der Waals surface area contributed by atoms with Crippen molar-refractivity contribution < 1.29 is 0 Å². The van der Waals surface area contributed by atoms with Crippen LogP contribution in [0, 0.1) is 17.8 Å². The van der Waals surface area contributed by atoms with Gasteiger partial charge in [0.1, 0.15) is 5.82 Å². The van der Waals surface area contributed by atoms with E-state index in [1.807, 2.05) is 24.4 Å². The molecule has 2 nitrogen and oxygen atoms in total. The topological polar surface area (TPSA) is 24.9 Å². The SMILES string of the molecule is CC(C)C(CNc1ccccn1)C(C)C. The molecule has 0 spiro atoms. The first-order valence-electron chi connectivity index (χ1n) is 5.76. The Morgan fingerprint density at radius 3 is 2.27 bits per heavy atom. The van der Waals surface area contributed by atoms with E-state index in [1.54, 1.807) is 0 Å². The van der Waals surface area contributed by atoms with Gasteiger partial charge in [-0.1, -0.05) is 33.8 Å². The molecular formula is C13H22N2. The maximum atomic E-state index is 4.26. The summed E-state index contributed by atoms with van der Waals surface area (Å²) in [5.74, 6) is 3.10. The molecule has 0 saturated carbocycles. The molecule has 84 valence electrons. The van der Waals surface area contributed by atoms with Gasteiger partial charge < -0.3 is 5.32 Å². The molecule has 0 aliphatic rings. The Morgan fingerprint density at radius 1 is 1.13 bits per heavy atom. The number of nitrogens with zero attached hydrogens (tertiary/aromatic N) is 1. The first-order chi connectivity index (χ1) is 7.11. The van der Waals surface area contributed by atoms with Crippen molar-refractivity contribution in [1.29, 1.82) is 0 Å². The first kappa shape index (κ1) is 12.0. The van der Waals surface area contributed by atoms with E-state index in [-0.39, 0.29) is 0 Å². The fourth-order valence-electron chi connectivity index (χ4n) is 1.93. The molecule has 0 aliphatic heterocycles. The highest BCUT2D eigenvalue weighted by atomic mass is 15.0. The monoisotopic (exact) mass is 206 g/mol. The molecule has 1 heterocycles. The van der Waals surface area contributed by atoms with Crippen molar-refractivity contribution in [2.24, 2.45) is 17.8 Å². The van der Waals surface area contributed by atoms with Gasteiger partial charge in [-0.25, -0.2) is 4.98 Å². The van der Waals surface area contributed by atoms with Crippen molar-refractivity contribution in [2.45, 2.75) is 27.7 Å². The van der Waals surface area contributed by atoms with Gasteiger partial charge in [-0.3, -0.25) is 0 Å². The zero-order chi connectivity index (χ0) is 11.3. The molecule has 0 bridgehead atoms. The third-order valence-electron chi connectivity index (χ3n) is 2.90. The lowest BCUT2D eigenvalue weighted by Crippen LogP contribution is -2.24. The Bertz CT molecular complexity index is 259. The first-order valence-corrected chi connectivity index (χ1v) is 5.76. The zero-order valence-corrected chi connectivity index (χ0v) is 10.2. The second kappa shape index (κ2) is 5.74. The van der Waals surface area contributed by atoms with Crippen LogP contribution in [0.4, 0.5) is 5.82 Å². The van der Waals surface area contributed by atoms with Gasteiger partial charge in [0.15, 0.2) is 0 Å². The van der Waals surface area contributed by atoms with Crippen LogP contribution in [0.2, 0.25) is 0 Å². The highest BCUT2D eigenvalue weighted by Crippen LogP contribution is 2.20. The van der Waals surface area contributed by atoms with Crippen LogP contribution >= 0.6 is 0 Å². The fourth-order valence-corrected chi connectivity index (χ4v) is 1.93. The predicted octanol–water partition coefficient (Wildman–Crippen LogP) is 3.42. The summed E-state index contributed by atoms with van der Waals surface area (Å²) in [6.07, 6.45) is 1.82. The number of rotatable bonds is 5. The molecule has 1 rings (SSSR count). The van der Waals surface area contributed by atoms with Gasteiger partial charge in [0.2, 0.25) is 0 Å². The van der Waals surface area contributed by atoms with Crippen LogP contribution in [0.15, 0.2) is 24.4 Å². The maximum Gasteiger partial charge on any atom is 0.125 e. The maximum absolute atomic E-state index is 4.26. The Balaban J connectivity index is 2.47. The third-order valence-corrected chi connectivity index (χ3v) is 2.90. The van der Waals surface area contributed by atoms with Crippen LogP contribution in [0.5, 0.6) is 0 Å². The average molecular weight is 206 g/mol. The standard InChI is InChI=1S/C13H22N2/c1-10(2)12(11(3)4)9-15-13-7-5-6-8-14-13/h5-8,10-12H,9H2,1-4H3,(H,14,15). The minimum atomic E-state index is 0.701. The van der Waals surface area contributed by atoms with Gasteiger partial charge in [-0.2, -0.15) is 0 Å². The molecule has 0 aliphatic carbocycles. The van der Waals surface area contributed by atoms with Crippen LogP contribution in [0.25, 0.3) is 0 Å². The molecule has 0 unspecified atom stereocenters. The molecule has 0 amide bonds. The van der Waals surface area contributed by atoms with Gasteiger partial charge >= 0.3 is 0 Å². The van der Waals surface area contributed by atoms with Crippen LogP contribution in [-0.2, 0) is 0 Å². The number of aromatic nitrogens is 1. The van der Waals surface area contributed by atoms with Crippen LogP contribution < -0.4 is 5.32 Å². The van der Waals surface area contributed by atoms with Gasteiger partial charge in [-0.05, 0) is 29.9 Å². The van der Waals surface area contributed by atoms with E-state index in [0.717, 1.165) is 12.4 Å². The lowest BCUT2D eigenvalue weighted by Gasteiger charge is -2.25. The number of anilines is 1. The molecule has 0 saturated heterocycles. The highest BCUT2D eigenvalue weighted by molar-refractivity contribution is 5.33. The summed E-state index contributed by atoms with van der Waals surface area (Å²) in [5.41, 5.74) is 0. The predicted molar refractivity (Wildman–Crippen MR) is 65.9 cm³/mol. The second-order valence-corrected chi connectivity index (χ2v) is 4.75. The fraction of sp³-hybridized carbons (Fsp3) is 0.615. The molecule has 1 aromatic rings. The van der Waals surface area contributed by atoms with Crippen molar-refractivity contribution in [3.8, 4) is 0 Å². The van der Waals surface area contributed by atoms with Crippen LogP contribution in [0.1, 0.15) is 27.7 Å². The second-order valence-electron chi connectivity index (χ2n) is 4.75. The summed E-state index contributed by atoms with van der Waals surface area (Å²) in [6.45, 7) is 10.1. The minimum Gasteiger partial charge on any atom is -0.370 e. The van der Waals surface area contributed by atoms with E-state index in [1.165, 1.54) is 0 Å². The molecule has 0 radical (unpaired) electrons. The van der Waals surface area contributed by atoms with Gasteiger partial charge in [0.05, 0.1) is 0 Å². The Morgan fingerprint density at radius 2 is 1.80 bits per heavy atom. The van der Waals surface area contributed by atoms with Crippen LogP contribution in [-0.4, -0.2) is 11.5 Å². The van der Waals surface area contributed by atoms with Gasteiger partial charge in [0, 0.05) is 12.7 Å². The van der Waals surface area contributed by atoms with Crippen molar-refractivity contribution in [1.82, 2.24) is 4.98 Å². The molecule has 0 atom stereocenters. The Labute approximate surface area is 93.1 Å². The summed E-state index contributed by atoms with van der Waals surface area (Å²) in [6, 6.07) is 5.96. The summed E-state index contributed by atoms with van der Waals surface area (Å²) in [5, 5.41) is 3.40. The molecular weight excluding hydrogens is 184 g/mol. The van der Waals surface area contributed by atoms with E-state index in [2.05, 4.69) is 38.0 Å². The van der Waals surface area contributed by atoms with E-state index in [9.17, 15) is 0 Å². The molecule has 1 aromatic heterocycles. The molecule has 0 aromatic carbocycles. The van der Waals surface area contributed by atoms with Crippen molar-refractivity contribution in [3.63, 3.8) is 0 Å². The lowest BCUT2D eigenvalue weighted by molar-refractivity contribution is 0.304. The van der Waals surface area contributed by atoms with Crippen molar-refractivity contribution >= 4 is 5.82 Å². The molecule has 2 heteroatoms. The lowest BCUT2D eigenvalue weighted by atomic mass is 9.85. The quantitative estimate of drug-likeness (QED) is 0.798. The molecule has 0 fully saturated rings. The average Bonchev–Trinajstić information content (AvgIpc) is 2.18. The van der Waals surface area contributed by atoms with Crippen LogP contribution in [0.3, 0.4) is 0 Å². The van der Waals surface area contributed by atoms with Gasteiger partial charge in [-0.15, -0.1) is 0 Å². The van der Waals surface area contributed by atoms with E-state index in [4.69, 9.17) is 0 Å². The molecule has 1 N–H and O–H groups in total. The smallest absolute Gasteiger partial charge is 0.125 e. The minimum absolute atomic E-state index is 0.701. The third kappa shape index (κ3) is 3.90. The zero-order valence-electron chi connectivity index (χ0n) is 10.2. The molecule has 15 heavy (non-hydrogen) atoms.